The number of aromatic nitrogens is 2. The van der Waals surface area contributed by atoms with Gasteiger partial charge in [-0.2, -0.15) is 23.0 Å². The van der Waals surface area contributed by atoms with Crippen LogP contribution in [0.2, 0.25) is 0 Å². The van der Waals surface area contributed by atoms with Crippen molar-refractivity contribution in [1.82, 2.24) is 9.78 Å². The van der Waals surface area contributed by atoms with E-state index in [4.69, 9.17) is 5.26 Å². The maximum absolute atomic E-state index is 8.66. The van der Waals surface area contributed by atoms with Crippen LogP contribution in [0.1, 0.15) is 24.8 Å². The average Bonchev–Trinajstić information content (AvgIpc) is 2.59. The lowest BCUT2D eigenvalue weighted by Crippen LogP contribution is -2.36. The van der Waals surface area contributed by atoms with Gasteiger partial charge in [0.15, 0.2) is 0 Å². The highest BCUT2D eigenvalue weighted by molar-refractivity contribution is 7.80. The third-order valence-electron chi connectivity index (χ3n) is 3.01. The van der Waals surface area contributed by atoms with Crippen molar-refractivity contribution >= 4 is 12.6 Å². The molecule has 0 N–H and O–H groups in total. The first kappa shape index (κ1) is 9.60. The van der Waals surface area contributed by atoms with Gasteiger partial charge in [0.25, 0.3) is 0 Å². The Balaban J connectivity index is 2.06. The lowest BCUT2D eigenvalue weighted by Gasteiger charge is -2.40. The number of rotatable bonds is 3. The van der Waals surface area contributed by atoms with Crippen LogP contribution < -0.4 is 0 Å². The van der Waals surface area contributed by atoms with Gasteiger partial charge in [0.05, 0.1) is 11.8 Å². The molecular weight excluding hydrogens is 194 g/mol. The van der Waals surface area contributed by atoms with Gasteiger partial charge in [-0.25, -0.2) is 0 Å². The van der Waals surface area contributed by atoms with Crippen molar-refractivity contribution in [3.8, 4) is 6.07 Å². The lowest BCUT2D eigenvalue weighted by atomic mass is 9.70. The van der Waals surface area contributed by atoms with E-state index in [1.54, 1.807) is 6.20 Å². The van der Waals surface area contributed by atoms with Crippen molar-refractivity contribution in [2.75, 3.05) is 5.75 Å². The highest BCUT2D eigenvalue weighted by Gasteiger charge is 2.36. The average molecular weight is 207 g/mol. The third kappa shape index (κ3) is 1.64. The molecule has 1 heterocycles. The molecular formula is C10H13N3S. The summed E-state index contributed by atoms with van der Waals surface area (Å²) < 4.78 is 1.87. The minimum absolute atomic E-state index is 0.335. The molecule has 4 heteroatoms. The normalized spacial score (nSPS) is 18.6. The minimum atomic E-state index is 0.335. The topological polar surface area (TPSA) is 41.6 Å². The van der Waals surface area contributed by atoms with Crippen LogP contribution in [0.3, 0.4) is 0 Å². The standard InChI is InChI=1S/C10H13N3S/c11-4-9-5-12-13(6-9)7-10(8-14)2-1-3-10/h5-6,14H,1-3,7-8H2. The summed E-state index contributed by atoms with van der Waals surface area (Å²) in [4.78, 5) is 0. The summed E-state index contributed by atoms with van der Waals surface area (Å²) >= 11 is 4.39. The summed E-state index contributed by atoms with van der Waals surface area (Å²) in [5.41, 5.74) is 0.973. The Morgan fingerprint density at radius 3 is 2.86 bits per heavy atom. The van der Waals surface area contributed by atoms with Crippen LogP contribution in [0, 0.1) is 16.7 Å². The highest BCUT2D eigenvalue weighted by atomic mass is 32.1. The van der Waals surface area contributed by atoms with Crippen molar-refractivity contribution in [2.45, 2.75) is 25.8 Å². The number of thiol groups is 1. The Hall–Kier alpha value is -0.950. The van der Waals surface area contributed by atoms with E-state index in [9.17, 15) is 0 Å². The molecule has 0 spiro atoms. The molecule has 3 nitrogen and oxygen atoms in total. The number of hydrogen-bond donors (Lipinski definition) is 1. The molecule has 0 aromatic carbocycles. The Morgan fingerprint density at radius 1 is 1.64 bits per heavy atom. The maximum Gasteiger partial charge on any atom is 0.102 e. The monoisotopic (exact) mass is 207 g/mol. The van der Waals surface area contributed by atoms with Gasteiger partial charge in [-0.3, -0.25) is 4.68 Å². The van der Waals surface area contributed by atoms with Crippen molar-refractivity contribution in [3.63, 3.8) is 0 Å². The van der Waals surface area contributed by atoms with Gasteiger partial charge in [-0.15, -0.1) is 0 Å². The van der Waals surface area contributed by atoms with Gasteiger partial charge in [0.1, 0.15) is 6.07 Å². The van der Waals surface area contributed by atoms with Gasteiger partial charge in [-0.1, -0.05) is 6.42 Å². The minimum Gasteiger partial charge on any atom is -0.271 e. The SMILES string of the molecule is N#Cc1cnn(CC2(CS)CCC2)c1. The van der Waals surface area contributed by atoms with Crippen molar-refractivity contribution in [1.29, 1.82) is 5.26 Å². The second-order valence-corrected chi connectivity index (χ2v) is 4.37. The fraction of sp³-hybridized carbons (Fsp3) is 0.600. The van der Waals surface area contributed by atoms with E-state index < -0.39 is 0 Å². The third-order valence-corrected chi connectivity index (χ3v) is 3.68. The van der Waals surface area contributed by atoms with Crippen LogP contribution in [-0.2, 0) is 6.54 Å². The van der Waals surface area contributed by atoms with Crippen LogP contribution in [0.5, 0.6) is 0 Å². The van der Waals surface area contributed by atoms with Crippen molar-refractivity contribution in [3.05, 3.63) is 18.0 Å². The Labute approximate surface area is 89.1 Å². The first-order valence-corrected chi connectivity index (χ1v) is 5.45. The molecule has 0 radical (unpaired) electrons. The molecule has 74 valence electrons. The van der Waals surface area contributed by atoms with Gasteiger partial charge in [-0.05, 0) is 24.0 Å². The fourth-order valence-corrected chi connectivity index (χ4v) is 2.31. The molecule has 1 fully saturated rings. The number of hydrogen-bond acceptors (Lipinski definition) is 3. The zero-order valence-electron chi connectivity index (χ0n) is 7.98. The Bertz CT molecular complexity index is 354. The molecule has 1 aromatic rings. The van der Waals surface area contributed by atoms with Crippen molar-refractivity contribution in [2.24, 2.45) is 5.41 Å². The summed E-state index contributed by atoms with van der Waals surface area (Å²) in [7, 11) is 0. The predicted octanol–water partition coefficient (Wildman–Crippen LogP) is 1.85. The molecule has 1 saturated carbocycles. The van der Waals surface area contributed by atoms with E-state index in [2.05, 4.69) is 23.8 Å². The first-order valence-electron chi connectivity index (χ1n) is 4.81. The predicted molar refractivity (Wildman–Crippen MR) is 57.1 cm³/mol. The molecule has 0 saturated heterocycles. The second-order valence-electron chi connectivity index (χ2n) is 4.05. The molecule has 1 aliphatic carbocycles. The molecule has 0 amide bonds. The zero-order chi connectivity index (χ0) is 10.0. The van der Waals surface area contributed by atoms with E-state index >= 15 is 0 Å². The van der Waals surface area contributed by atoms with Crippen molar-refractivity contribution < 1.29 is 0 Å². The molecule has 0 unspecified atom stereocenters. The van der Waals surface area contributed by atoms with Gasteiger partial charge in [0.2, 0.25) is 0 Å². The summed E-state index contributed by atoms with van der Waals surface area (Å²) in [5, 5.41) is 12.8. The summed E-state index contributed by atoms with van der Waals surface area (Å²) in [6, 6.07) is 2.08. The summed E-state index contributed by atoms with van der Waals surface area (Å²) in [6.07, 6.45) is 7.19. The lowest BCUT2D eigenvalue weighted by molar-refractivity contribution is 0.133. The quantitative estimate of drug-likeness (QED) is 0.769. The maximum atomic E-state index is 8.66. The van der Waals surface area contributed by atoms with E-state index in [1.807, 2.05) is 10.9 Å². The smallest absolute Gasteiger partial charge is 0.102 e. The van der Waals surface area contributed by atoms with E-state index in [0.717, 1.165) is 12.3 Å². The van der Waals surface area contributed by atoms with E-state index in [-0.39, 0.29) is 0 Å². The number of nitriles is 1. The molecule has 1 aromatic heterocycles. The molecule has 0 atom stereocenters. The first-order chi connectivity index (χ1) is 6.78. The highest BCUT2D eigenvalue weighted by Crippen LogP contribution is 2.43. The zero-order valence-corrected chi connectivity index (χ0v) is 8.87. The van der Waals surface area contributed by atoms with Gasteiger partial charge in [0, 0.05) is 12.7 Å². The second kappa shape index (κ2) is 3.66. The summed E-state index contributed by atoms with van der Waals surface area (Å²) in [5.74, 6) is 0.911. The van der Waals surface area contributed by atoms with Crippen LogP contribution in [-0.4, -0.2) is 15.5 Å². The van der Waals surface area contributed by atoms with Crippen LogP contribution in [0.25, 0.3) is 0 Å². The molecule has 2 rings (SSSR count). The van der Waals surface area contributed by atoms with E-state index in [0.29, 0.717) is 11.0 Å². The molecule has 14 heavy (non-hydrogen) atoms. The Kier molecular flexibility index (Phi) is 2.51. The molecule has 1 aliphatic rings. The summed E-state index contributed by atoms with van der Waals surface area (Å²) in [6.45, 7) is 0.901. The van der Waals surface area contributed by atoms with Gasteiger partial charge >= 0.3 is 0 Å². The van der Waals surface area contributed by atoms with Crippen LogP contribution >= 0.6 is 12.6 Å². The van der Waals surface area contributed by atoms with Crippen LogP contribution in [0.15, 0.2) is 12.4 Å². The largest absolute Gasteiger partial charge is 0.271 e. The number of nitrogens with zero attached hydrogens (tertiary/aromatic N) is 3. The molecule has 0 bridgehead atoms. The van der Waals surface area contributed by atoms with Gasteiger partial charge < -0.3 is 0 Å². The fourth-order valence-electron chi connectivity index (χ4n) is 1.89. The molecule has 0 aliphatic heterocycles. The Morgan fingerprint density at radius 2 is 2.43 bits per heavy atom. The van der Waals surface area contributed by atoms with Crippen LogP contribution in [0.4, 0.5) is 0 Å². The van der Waals surface area contributed by atoms with E-state index in [1.165, 1.54) is 19.3 Å².